The minimum atomic E-state index is 0.0662. The molecule has 2 unspecified atom stereocenters. The Morgan fingerprint density at radius 1 is 1.31 bits per heavy atom. The molecule has 13 heavy (non-hydrogen) atoms. The Morgan fingerprint density at radius 2 is 2.08 bits per heavy atom. The highest BCUT2D eigenvalue weighted by Gasteiger charge is 2.27. The van der Waals surface area contributed by atoms with Crippen LogP contribution in [0.3, 0.4) is 0 Å². The van der Waals surface area contributed by atoms with Gasteiger partial charge in [-0.3, -0.25) is 10.2 Å². The van der Waals surface area contributed by atoms with Gasteiger partial charge in [0.15, 0.2) is 5.78 Å². The second-order valence-electron chi connectivity index (χ2n) is 3.78. The van der Waals surface area contributed by atoms with Crippen molar-refractivity contribution in [3.8, 4) is 0 Å². The maximum absolute atomic E-state index is 11.5. The van der Waals surface area contributed by atoms with Gasteiger partial charge in [-0.25, -0.2) is 5.43 Å². The summed E-state index contributed by atoms with van der Waals surface area (Å²) >= 11 is 0. The number of hydrogen-bond donors (Lipinski definition) is 2. The molecule has 1 saturated heterocycles. The molecule has 0 spiro atoms. The Hall–Kier alpha value is -0.410. The third kappa shape index (κ3) is 3.08. The van der Waals surface area contributed by atoms with Crippen LogP contribution in [-0.4, -0.2) is 17.9 Å². The minimum Gasteiger partial charge on any atom is -0.298 e. The fraction of sp³-hybridized carbons (Fsp3) is 0.900. The number of carbonyl (C=O) groups excluding carboxylic acids is 1. The average Bonchev–Trinajstić information content (AvgIpc) is 2.54. The van der Waals surface area contributed by atoms with Gasteiger partial charge in [0.25, 0.3) is 0 Å². The minimum absolute atomic E-state index is 0.0662. The maximum Gasteiger partial charge on any atom is 0.151 e. The number of Topliss-reactive ketones (excluding diaryl/α,β-unsaturated/α-hetero) is 1. The summed E-state index contributed by atoms with van der Waals surface area (Å²) in [5.74, 6) is 0.355. The van der Waals surface area contributed by atoms with Crippen LogP contribution in [0.4, 0.5) is 0 Å². The Labute approximate surface area is 80.2 Å². The van der Waals surface area contributed by atoms with Crippen LogP contribution >= 0.6 is 0 Å². The number of nitrogens with one attached hydrogen (secondary N) is 2. The lowest BCUT2D eigenvalue weighted by Crippen LogP contribution is -2.37. The van der Waals surface area contributed by atoms with E-state index in [1.165, 1.54) is 6.42 Å². The van der Waals surface area contributed by atoms with Crippen LogP contribution in [-0.2, 0) is 4.79 Å². The highest BCUT2D eigenvalue weighted by molar-refractivity contribution is 5.84. The first-order valence-corrected chi connectivity index (χ1v) is 5.31. The van der Waals surface area contributed by atoms with E-state index in [1.807, 2.05) is 6.92 Å². The summed E-state index contributed by atoms with van der Waals surface area (Å²) in [4.78, 5) is 11.5. The number of ketones is 1. The zero-order chi connectivity index (χ0) is 9.68. The Balaban J connectivity index is 2.27. The van der Waals surface area contributed by atoms with Gasteiger partial charge in [0.1, 0.15) is 0 Å². The molecule has 0 bridgehead atoms. The Bertz CT molecular complexity index is 170. The quantitative estimate of drug-likeness (QED) is 0.678. The lowest BCUT2D eigenvalue weighted by atomic mass is 10.0. The van der Waals surface area contributed by atoms with Crippen molar-refractivity contribution in [3.05, 3.63) is 0 Å². The number of rotatable bonds is 5. The topological polar surface area (TPSA) is 41.1 Å². The monoisotopic (exact) mass is 184 g/mol. The van der Waals surface area contributed by atoms with Gasteiger partial charge in [0.2, 0.25) is 0 Å². The van der Waals surface area contributed by atoms with Crippen LogP contribution in [0.5, 0.6) is 0 Å². The first-order valence-electron chi connectivity index (χ1n) is 5.31. The molecular weight excluding hydrogens is 164 g/mol. The molecule has 76 valence electrons. The number of hydrazine groups is 1. The van der Waals surface area contributed by atoms with Crippen molar-refractivity contribution in [1.82, 2.24) is 10.9 Å². The first kappa shape index (κ1) is 10.7. The summed E-state index contributed by atoms with van der Waals surface area (Å²) < 4.78 is 0. The summed E-state index contributed by atoms with van der Waals surface area (Å²) in [6, 6.07) is 0.562. The lowest BCUT2D eigenvalue weighted by molar-refractivity contribution is -0.120. The molecule has 0 aromatic heterocycles. The third-order valence-corrected chi connectivity index (χ3v) is 2.50. The Morgan fingerprint density at radius 3 is 2.69 bits per heavy atom. The van der Waals surface area contributed by atoms with Crippen molar-refractivity contribution in [3.63, 3.8) is 0 Å². The largest absolute Gasteiger partial charge is 0.298 e. The van der Waals surface area contributed by atoms with Crippen LogP contribution in [0.15, 0.2) is 0 Å². The van der Waals surface area contributed by atoms with Crippen LogP contribution < -0.4 is 10.9 Å². The summed E-state index contributed by atoms with van der Waals surface area (Å²) in [5.41, 5.74) is 6.25. The van der Waals surface area contributed by atoms with Crippen LogP contribution in [0.2, 0.25) is 0 Å². The highest BCUT2D eigenvalue weighted by atomic mass is 16.1. The molecule has 2 atom stereocenters. The Kier molecular flexibility index (Phi) is 4.39. The third-order valence-electron chi connectivity index (χ3n) is 2.50. The predicted molar refractivity (Wildman–Crippen MR) is 53.3 cm³/mol. The summed E-state index contributed by atoms with van der Waals surface area (Å²) in [5, 5.41) is 0. The molecule has 3 heteroatoms. The van der Waals surface area contributed by atoms with E-state index in [-0.39, 0.29) is 6.04 Å². The normalized spacial score (nSPS) is 27.8. The van der Waals surface area contributed by atoms with Crippen molar-refractivity contribution in [2.45, 2.75) is 58.0 Å². The molecule has 0 aromatic carbocycles. The smallest absolute Gasteiger partial charge is 0.151 e. The van der Waals surface area contributed by atoms with Crippen molar-refractivity contribution in [2.75, 3.05) is 0 Å². The fourth-order valence-corrected chi connectivity index (χ4v) is 1.79. The van der Waals surface area contributed by atoms with E-state index in [4.69, 9.17) is 0 Å². The van der Waals surface area contributed by atoms with Gasteiger partial charge in [0.05, 0.1) is 6.04 Å². The van der Waals surface area contributed by atoms with Gasteiger partial charge < -0.3 is 0 Å². The molecule has 0 amide bonds. The molecule has 0 aromatic rings. The molecule has 0 saturated carbocycles. The highest BCUT2D eigenvalue weighted by Crippen LogP contribution is 2.12. The first-order chi connectivity index (χ1) is 6.27. The molecule has 1 heterocycles. The second kappa shape index (κ2) is 5.35. The number of hydrogen-bond acceptors (Lipinski definition) is 3. The van der Waals surface area contributed by atoms with E-state index in [1.54, 1.807) is 0 Å². The second-order valence-corrected chi connectivity index (χ2v) is 3.78. The fourth-order valence-electron chi connectivity index (χ4n) is 1.79. The van der Waals surface area contributed by atoms with Crippen LogP contribution in [0.25, 0.3) is 0 Å². The van der Waals surface area contributed by atoms with Crippen LogP contribution in [0.1, 0.15) is 46.0 Å². The van der Waals surface area contributed by atoms with E-state index in [0.717, 1.165) is 19.3 Å². The SMILES string of the molecule is CCCC(=O)C1CC(CCC)NN1. The summed E-state index contributed by atoms with van der Waals surface area (Å²) in [6.45, 7) is 4.21. The molecule has 0 aliphatic carbocycles. The maximum atomic E-state index is 11.5. The molecule has 1 aliphatic rings. The molecular formula is C10H20N2O. The van der Waals surface area contributed by atoms with E-state index >= 15 is 0 Å². The molecule has 1 aliphatic heterocycles. The molecule has 1 rings (SSSR count). The van der Waals surface area contributed by atoms with E-state index in [9.17, 15) is 4.79 Å². The van der Waals surface area contributed by atoms with Gasteiger partial charge in [0, 0.05) is 12.5 Å². The zero-order valence-electron chi connectivity index (χ0n) is 8.60. The predicted octanol–water partition coefficient (Wildman–Crippen LogP) is 1.39. The van der Waals surface area contributed by atoms with Gasteiger partial charge >= 0.3 is 0 Å². The van der Waals surface area contributed by atoms with E-state index in [0.29, 0.717) is 18.2 Å². The molecule has 0 radical (unpaired) electrons. The van der Waals surface area contributed by atoms with Gasteiger partial charge in [-0.05, 0) is 19.3 Å². The lowest BCUT2D eigenvalue weighted by Gasteiger charge is -2.06. The summed E-state index contributed by atoms with van der Waals surface area (Å²) in [6.07, 6.45) is 4.96. The van der Waals surface area contributed by atoms with Crippen molar-refractivity contribution >= 4 is 5.78 Å². The van der Waals surface area contributed by atoms with Gasteiger partial charge in [-0.2, -0.15) is 0 Å². The van der Waals surface area contributed by atoms with Gasteiger partial charge in [-0.1, -0.05) is 20.3 Å². The zero-order valence-corrected chi connectivity index (χ0v) is 8.60. The van der Waals surface area contributed by atoms with Crippen LogP contribution in [0, 0.1) is 0 Å². The standard InChI is InChI=1S/C10H20N2O/c1-3-5-8-7-9(12-11-8)10(13)6-4-2/h8-9,11-12H,3-7H2,1-2H3. The number of carbonyl (C=O) groups is 1. The van der Waals surface area contributed by atoms with Crippen molar-refractivity contribution in [1.29, 1.82) is 0 Å². The average molecular weight is 184 g/mol. The molecule has 1 fully saturated rings. The van der Waals surface area contributed by atoms with Gasteiger partial charge in [-0.15, -0.1) is 0 Å². The molecule has 2 N–H and O–H groups in total. The van der Waals surface area contributed by atoms with E-state index < -0.39 is 0 Å². The van der Waals surface area contributed by atoms with E-state index in [2.05, 4.69) is 17.8 Å². The van der Waals surface area contributed by atoms with Crippen molar-refractivity contribution in [2.24, 2.45) is 0 Å². The van der Waals surface area contributed by atoms with Crippen molar-refractivity contribution < 1.29 is 4.79 Å². The summed E-state index contributed by atoms with van der Waals surface area (Å²) in [7, 11) is 0. The molecule has 3 nitrogen and oxygen atoms in total.